The number of aromatic amines is 1. The summed E-state index contributed by atoms with van der Waals surface area (Å²) in [4.78, 5) is 3.50. The summed E-state index contributed by atoms with van der Waals surface area (Å²) < 4.78 is 0. The number of benzene rings is 2. The maximum atomic E-state index is 3.93. The first-order chi connectivity index (χ1) is 7.90. The molecule has 0 spiro atoms. The van der Waals surface area contributed by atoms with Gasteiger partial charge in [0.2, 0.25) is 0 Å². The lowest BCUT2D eigenvalue weighted by atomic mass is 10.1. The minimum absolute atomic E-state index is 0.939. The Labute approximate surface area is 95.1 Å². The minimum Gasteiger partial charge on any atom is -0.354 e. The van der Waals surface area contributed by atoms with Gasteiger partial charge in [-0.1, -0.05) is 43.3 Å². The zero-order valence-electron chi connectivity index (χ0n) is 9.16. The highest BCUT2D eigenvalue weighted by Gasteiger charge is 2.06. The Morgan fingerprint density at radius 3 is 2.62 bits per heavy atom. The fraction of sp³-hybridized carbons (Fsp3) is 0.133. The second-order valence-corrected chi connectivity index (χ2v) is 4.11. The van der Waals surface area contributed by atoms with Crippen molar-refractivity contribution >= 4 is 21.8 Å². The van der Waals surface area contributed by atoms with Crippen LogP contribution in [0.3, 0.4) is 0 Å². The van der Waals surface area contributed by atoms with Crippen molar-refractivity contribution in [3.05, 3.63) is 55.0 Å². The summed E-state index contributed by atoms with van der Waals surface area (Å²) in [6.45, 7) is 3.93. The molecule has 1 aromatic heterocycles. The quantitative estimate of drug-likeness (QED) is 0.653. The summed E-state index contributed by atoms with van der Waals surface area (Å²) in [5.74, 6) is 0. The van der Waals surface area contributed by atoms with Crippen LogP contribution in [0.5, 0.6) is 0 Å². The average molecular weight is 208 g/mol. The predicted octanol–water partition coefficient (Wildman–Crippen LogP) is 4.09. The van der Waals surface area contributed by atoms with Gasteiger partial charge in [0, 0.05) is 21.8 Å². The van der Waals surface area contributed by atoms with Crippen molar-refractivity contribution in [3.63, 3.8) is 0 Å². The molecule has 79 valence electrons. The summed E-state index contributed by atoms with van der Waals surface area (Å²) in [5, 5.41) is 2.63. The maximum Gasteiger partial charge on any atom is 0.0497 e. The predicted molar refractivity (Wildman–Crippen MR) is 69.5 cm³/mol. The number of H-pyrrole nitrogens is 1. The third-order valence-corrected chi connectivity index (χ3v) is 3.07. The number of hydrogen-bond acceptors (Lipinski definition) is 0. The van der Waals surface area contributed by atoms with Crippen LogP contribution >= 0.6 is 0 Å². The van der Waals surface area contributed by atoms with E-state index in [0.29, 0.717) is 0 Å². The van der Waals surface area contributed by atoms with Crippen LogP contribution < -0.4 is 0 Å². The molecule has 0 saturated carbocycles. The molecule has 1 nitrogen and oxygen atoms in total. The zero-order valence-corrected chi connectivity index (χ0v) is 9.16. The summed E-state index contributed by atoms with van der Waals surface area (Å²) in [6, 6.07) is 14.9. The van der Waals surface area contributed by atoms with E-state index >= 15 is 0 Å². The molecule has 0 aliphatic carbocycles. The van der Waals surface area contributed by atoms with Crippen LogP contribution in [0.25, 0.3) is 21.8 Å². The number of hydrogen-bond donors (Lipinski definition) is 1. The first-order valence-electron chi connectivity index (χ1n) is 5.67. The van der Waals surface area contributed by atoms with Crippen LogP contribution in [0.2, 0.25) is 0 Å². The van der Waals surface area contributed by atoms with Gasteiger partial charge in [-0.2, -0.15) is 0 Å². The number of rotatable bonds is 2. The molecule has 3 aromatic rings. The van der Waals surface area contributed by atoms with Gasteiger partial charge in [0.05, 0.1) is 0 Å². The van der Waals surface area contributed by atoms with Gasteiger partial charge in [-0.25, -0.2) is 0 Å². The molecular weight excluding hydrogens is 194 g/mol. The van der Waals surface area contributed by atoms with Gasteiger partial charge < -0.3 is 4.98 Å². The Morgan fingerprint density at radius 1 is 0.938 bits per heavy atom. The molecule has 0 unspecified atom stereocenters. The van der Waals surface area contributed by atoms with E-state index in [4.69, 9.17) is 0 Å². The van der Waals surface area contributed by atoms with Crippen LogP contribution in [-0.4, -0.2) is 4.98 Å². The van der Waals surface area contributed by atoms with E-state index in [1.807, 2.05) is 0 Å². The molecule has 0 amide bonds. The lowest BCUT2D eigenvalue weighted by Gasteiger charge is -2.00. The van der Waals surface area contributed by atoms with Crippen molar-refractivity contribution in [3.8, 4) is 0 Å². The van der Waals surface area contributed by atoms with Gasteiger partial charge in [-0.15, -0.1) is 0 Å². The molecule has 0 fully saturated rings. The Kier molecular flexibility index (Phi) is 2.17. The molecule has 1 N–H and O–H groups in total. The molecule has 1 heterocycles. The van der Waals surface area contributed by atoms with Gasteiger partial charge in [-0.3, -0.25) is 0 Å². The topological polar surface area (TPSA) is 15.8 Å². The number of nitrogens with one attached hydrogen (secondary N) is 1. The molecule has 0 aliphatic heterocycles. The molecule has 16 heavy (non-hydrogen) atoms. The monoisotopic (exact) mass is 208 g/mol. The lowest BCUT2D eigenvalue weighted by molar-refractivity contribution is 1.01. The van der Waals surface area contributed by atoms with Crippen LogP contribution in [0, 0.1) is 6.92 Å². The molecule has 1 heteroatoms. The fourth-order valence-corrected chi connectivity index (χ4v) is 2.33. The summed E-state index contributed by atoms with van der Waals surface area (Å²) in [6.07, 6.45) is 1.97. The fourth-order valence-electron chi connectivity index (χ4n) is 2.33. The smallest absolute Gasteiger partial charge is 0.0497 e. The number of fused-ring (bicyclic) bond motifs is 3. The molecule has 0 aliphatic rings. The highest BCUT2D eigenvalue weighted by molar-refractivity contribution is 6.08. The van der Waals surface area contributed by atoms with Crippen molar-refractivity contribution in [2.75, 3.05) is 0 Å². The van der Waals surface area contributed by atoms with E-state index in [1.165, 1.54) is 27.4 Å². The van der Waals surface area contributed by atoms with Gasteiger partial charge in [0.25, 0.3) is 0 Å². The standard InChI is InChI=1S/C15H14N/c1-2-6-11-7-5-9-13-12-8-3-4-10-14(12)16-15(11)13/h3-5,7-10,16H,1-2,6H2. The van der Waals surface area contributed by atoms with E-state index in [0.717, 1.165) is 12.8 Å². The van der Waals surface area contributed by atoms with E-state index < -0.39 is 0 Å². The second kappa shape index (κ2) is 3.67. The highest BCUT2D eigenvalue weighted by Crippen LogP contribution is 2.27. The molecule has 0 saturated heterocycles. The van der Waals surface area contributed by atoms with Gasteiger partial charge >= 0.3 is 0 Å². The second-order valence-electron chi connectivity index (χ2n) is 4.11. The third kappa shape index (κ3) is 1.32. The average Bonchev–Trinajstić information content (AvgIpc) is 2.69. The SMILES string of the molecule is [CH2]CCc1cccc2c1[nH]c1ccccc12. The Hall–Kier alpha value is -1.76. The van der Waals surface area contributed by atoms with Crippen LogP contribution in [-0.2, 0) is 6.42 Å². The molecule has 0 bridgehead atoms. The third-order valence-electron chi connectivity index (χ3n) is 3.07. The molecule has 2 aromatic carbocycles. The van der Waals surface area contributed by atoms with Crippen molar-refractivity contribution in [1.29, 1.82) is 0 Å². The first-order valence-corrected chi connectivity index (χ1v) is 5.67. The van der Waals surface area contributed by atoms with Crippen LogP contribution in [0.1, 0.15) is 12.0 Å². The zero-order chi connectivity index (χ0) is 11.0. The lowest BCUT2D eigenvalue weighted by Crippen LogP contribution is -1.84. The largest absolute Gasteiger partial charge is 0.354 e. The number of aromatic nitrogens is 1. The Bertz CT molecular complexity index is 634. The Morgan fingerprint density at radius 2 is 1.75 bits per heavy atom. The van der Waals surface area contributed by atoms with Crippen LogP contribution in [0.4, 0.5) is 0 Å². The van der Waals surface area contributed by atoms with Crippen LogP contribution in [0.15, 0.2) is 42.5 Å². The molecule has 1 radical (unpaired) electrons. The Balaban J connectivity index is 2.39. The van der Waals surface area contributed by atoms with E-state index in [1.54, 1.807) is 0 Å². The molecule has 3 rings (SSSR count). The van der Waals surface area contributed by atoms with Crippen molar-refractivity contribution < 1.29 is 0 Å². The van der Waals surface area contributed by atoms with E-state index in [9.17, 15) is 0 Å². The highest BCUT2D eigenvalue weighted by atomic mass is 14.7. The van der Waals surface area contributed by atoms with Gasteiger partial charge in [-0.05, 0) is 24.5 Å². The number of para-hydroxylation sites is 2. The minimum atomic E-state index is 0.939. The molecule has 0 atom stereocenters. The first kappa shape index (κ1) is 9.46. The summed E-state index contributed by atoms with van der Waals surface area (Å²) in [5.41, 5.74) is 3.85. The van der Waals surface area contributed by atoms with Crippen molar-refractivity contribution in [2.45, 2.75) is 12.8 Å². The molecular formula is C15H14N. The van der Waals surface area contributed by atoms with Gasteiger partial charge in [0.1, 0.15) is 0 Å². The maximum absolute atomic E-state index is 3.93. The van der Waals surface area contributed by atoms with E-state index in [-0.39, 0.29) is 0 Å². The van der Waals surface area contributed by atoms with Crippen molar-refractivity contribution in [2.24, 2.45) is 0 Å². The summed E-state index contributed by atoms with van der Waals surface area (Å²) in [7, 11) is 0. The number of aryl methyl sites for hydroxylation is 1. The van der Waals surface area contributed by atoms with Gasteiger partial charge in [0.15, 0.2) is 0 Å². The summed E-state index contributed by atoms with van der Waals surface area (Å²) >= 11 is 0. The van der Waals surface area contributed by atoms with Crippen molar-refractivity contribution in [1.82, 2.24) is 4.98 Å². The van der Waals surface area contributed by atoms with E-state index in [2.05, 4.69) is 54.4 Å². The normalized spacial score (nSPS) is 11.3.